The zero-order valence-corrected chi connectivity index (χ0v) is 16.0. The second-order valence-corrected chi connectivity index (χ2v) is 6.79. The molecule has 0 amide bonds. The van der Waals surface area contributed by atoms with E-state index in [-0.39, 0.29) is 12.1 Å². The first-order valence-corrected chi connectivity index (χ1v) is 8.68. The molecule has 4 rings (SSSR count). The molecule has 9 nitrogen and oxygen atoms in total. The molecule has 0 radical (unpaired) electrons. The summed E-state index contributed by atoms with van der Waals surface area (Å²) in [6, 6.07) is 5.99. The highest BCUT2D eigenvalue weighted by molar-refractivity contribution is 9.10. The van der Waals surface area contributed by atoms with Crippen molar-refractivity contribution in [1.29, 1.82) is 0 Å². The minimum atomic E-state index is -0.203. The molecule has 26 heavy (non-hydrogen) atoms. The van der Waals surface area contributed by atoms with Gasteiger partial charge in [-0.05, 0) is 51.3 Å². The van der Waals surface area contributed by atoms with Crippen LogP contribution in [0, 0.1) is 13.8 Å². The van der Waals surface area contributed by atoms with E-state index in [1.54, 1.807) is 16.4 Å². The molecule has 10 heteroatoms. The molecule has 132 valence electrons. The smallest absolute Gasteiger partial charge is 0.266 e. The summed E-state index contributed by atoms with van der Waals surface area (Å²) in [7, 11) is 1.74. The highest BCUT2D eigenvalue weighted by Crippen LogP contribution is 2.19. The van der Waals surface area contributed by atoms with Gasteiger partial charge < -0.3 is 0 Å². The van der Waals surface area contributed by atoms with Crippen molar-refractivity contribution in [2.75, 3.05) is 0 Å². The van der Waals surface area contributed by atoms with Gasteiger partial charge in [0.1, 0.15) is 16.3 Å². The fourth-order valence-corrected chi connectivity index (χ4v) is 3.60. The molecule has 0 unspecified atom stereocenters. The maximum atomic E-state index is 12.8. The van der Waals surface area contributed by atoms with E-state index in [0.29, 0.717) is 21.5 Å². The number of hydrogen-bond acceptors (Lipinski definition) is 6. The van der Waals surface area contributed by atoms with Gasteiger partial charge in [-0.2, -0.15) is 9.78 Å². The molecule has 0 atom stereocenters. The molecule has 0 saturated heterocycles. The highest BCUT2D eigenvalue weighted by Gasteiger charge is 2.17. The van der Waals surface area contributed by atoms with Crippen LogP contribution in [0.5, 0.6) is 0 Å². The van der Waals surface area contributed by atoms with Gasteiger partial charge in [-0.1, -0.05) is 18.2 Å². The number of tetrazole rings is 1. The zero-order valence-electron chi connectivity index (χ0n) is 14.4. The van der Waals surface area contributed by atoms with Crippen molar-refractivity contribution in [3.8, 4) is 5.69 Å². The minimum Gasteiger partial charge on any atom is -0.291 e. The SMILES string of the molecule is Cc1cccc(C)c1-n1nnnc1Cn1cnc2c(c(Br)nn2C)c1=O. The largest absolute Gasteiger partial charge is 0.291 e. The molecule has 0 N–H and O–H groups in total. The van der Waals surface area contributed by atoms with Crippen LogP contribution in [0.4, 0.5) is 0 Å². The third-order valence-corrected chi connectivity index (χ3v) is 4.82. The molecule has 0 bridgehead atoms. The van der Waals surface area contributed by atoms with Crippen LogP contribution in [0.25, 0.3) is 16.7 Å². The fourth-order valence-electron chi connectivity index (χ4n) is 3.02. The van der Waals surface area contributed by atoms with Crippen LogP contribution in [0.2, 0.25) is 0 Å². The lowest BCUT2D eigenvalue weighted by Gasteiger charge is -2.11. The molecule has 0 fully saturated rings. The molecule has 1 aromatic carbocycles. The Morgan fingerprint density at radius 1 is 1.19 bits per heavy atom. The first kappa shape index (κ1) is 16.6. The third-order valence-electron chi connectivity index (χ3n) is 4.27. The molecule has 0 aliphatic heterocycles. The zero-order chi connectivity index (χ0) is 18.4. The van der Waals surface area contributed by atoms with Gasteiger partial charge >= 0.3 is 0 Å². The quantitative estimate of drug-likeness (QED) is 0.504. The molecule has 0 saturated carbocycles. The maximum absolute atomic E-state index is 12.8. The Kier molecular flexibility index (Phi) is 3.91. The second-order valence-electron chi connectivity index (χ2n) is 6.04. The number of rotatable bonds is 3. The molecule has 4 aromatic rings. The predicted octanol–water partition coefficient (Wildman–Crippen LogP) is 1.53. The van der Waals surface area contributed by atoms with E-state index in [0.717, 1.165) is 16.8 Å². The van der Waals surface area contributed by atoms with Crippen molar-refractivity contribution in [3.05, 3.63) is 56.4 Å². The van der Waals surface area contributed by atoms with Crippen LogP contribution in [0.1, 0.15) is 17.0 Å². The van der Waals surface area contributed by atoms with Crippen LogP contribution in [0.15, 0.2) is 33.9 Å². The van der Waals surface area contributed by atoms with E-state index in [9.17, 15) is 4.79 Å². The van der Waals surface area contributed by atoms with Crippen molar-refractivity contribution < 1.29 is 0 Å². The fraction of sp³-hybridized carbons (Fsp3) is 0.250. The molecular weight excluding hydrogens is 400 g/mol. The number of benzene rings is 1. The lowest BCUT2D eigenvalue weighted by Crippen LogP contribution is -2.23. The maximum Gasteiger partial charge on any atom is 0.266 e. The summed E-state index contributed by atoms with van der Waals surface area (Å²) in [6.45, 7) is 4.20. The summed E-state index contributed by atoms with van der Waals surface area (Å²) in [4.78, 5) is 17.2. The summed E-state index contributed by atoms with van der Waals surface area (Å²) in [5, 5.41) is 16.6. The van der Waals surface area contributed by atoms with Gasteiger partial charge in [-0.15, -0.1) is 5.10 Å². The standard InChI is InChI=1S/C16H15BrN8O/c1-9-5-4-6-10(2)13(9)25-11(19-21-22-25)7-24-8-18-15-12(16(24)26)14(17)20-23(15)3/h4-6,8H,7H2,1-3H3. The third kappa shape index (κ3) is 2.53. The molecule has 0 spiro atoms. The van der Waals surface area contributed by atoms with Crippen LogP contribution in [-0.4, -0.2) is 39.5 Å². The normalized spacial score (nSPS) is 11.4. The average molecular weight is 415 g/mol. The lowest BCUT2D eigenvalue weighted by molar-refractivity contribution is 0.670. The van der Waals surface area contributed by atoms with Gasteiger partial charge in [0.2, 0.25) is 0 Å². The van der Waals surface area contributed by atoms with Crippen molar-refractivity contribution in [3.63, 3.8) is 0 Å². The second kappa shape index (κ2) is 6.13. The Labute approximate surface area is 156 Å². The number of nitrogens with zero attached hydrogens (tertiary/aromatic N) is 8. The summed E-state index contributed by atoms with van der Waals surface area (Å²) < 4.78 is 5.17. The van der Waals surface area contributed by atoms with Crippen molar-refractivity contribution in [2.24, 2.45) is 7.05 Å². The Hall–Kier alpha value is -2.88. The van der Waals surface area contributed by atoms with E-state index in [1.807, 2.05) is 32.0 Å². The average Bonchev–Trinajstić information content (AvgIpc) is 3.15. The Balaban J connectivity index is 1.82. The topological polar surface area (TPSA) is 96.3 Å². The minimum absolute atomic E-state index is 0.198. The summed E-state index contributed by atoms with van der Waals surface area (Å²) in [5.74, 6) is 0.547. The molecule has 3 aromatic heterocycles. The highest BCUT2D eigenvalue weighted by atomic mass is 79.9. The Morgan fingerprint density at radius 3 is 2.65 bits per heavy atom. The first-order valence-electron chi connectivity index (χ1n) is 7.89. The molecule has 0 aliphatic carbocycles. The van der Waals surface area contributed by atoms with Crippen LogP contribution >= 0.6 is 15.9 Å². The Morgan fingerprint density at radius 2 is 1.92 bits per heavy atom. The van der Waals surface area contributed by atoms with Gasteiger partial charge in [0.05, 0.1) is 12.2 Å². The van der Waals surface area contributed by atoms with E-state index in [2.05, 4.69) is 41.5 Å². The number of fused-ring (bicyclic) bond motifs is 1. The Bertz CT molecular complexity index is 1170. The van der Waals surface area contributed by atoms with Gasteiger partial charge in [0.15, 0.2) is 11.5 Å². The van der Waals surface area contributed by atoms with Gasteiger partial charge in [-0.3, -0.25) is 9.36 Å². The summed E-state index contributed by atoms with van der Waals surface area (Å²) in [5.41, 5.74) is 3.33. The van der Waals surface area contributed by atoms with Gasteiger partial charge in [-0.25, -0.2) is 9.67 Å². The van der Waals surface area contributed by atoms with Gasteiger partial charge in [0, 0.05) is 7.05 Å². The molecule has 0 aliphatic rings. The van der Waals surface area contributed by atoms with Crippen molar-refractivity contribution in [2.45, 2.75) is 20.4 Å². The monoisotopic (exact) mass is 414 g/mol. The number of aromatic nitrogens is 8. The molecular formula is C16H15BrN8O. The van der Waals surface area contributed by atoms with E-state index in [1.165, 1.54) is 10.9 Å². The summed E-state index contributed by atoms with van der Waals surface area (Å²) in [6.07, 6.45) is 1.49. The number of halogens is 1. The number of aryl methyl sites for hydroxylation is 3. The van der Waals surface area contributed by atoms with Gasteiger partial charge in [0.25, 0.3) is 5.56 Å². The van der Waals surface area contributed by atoms with Crippen LogP contribution in [-0.2, 0) is 13.6 Å². The van der Waals surface area contributed by atoms with Crippen LogP contribution < -0.4 is 5.56 Å². The van der Waals surface area contributed by atoms with Crippen molar-refractivity contribution >= 4 is 27.0 Å². The van der Waals surface area contributed by atoms with E-state index >= 15 is 0 Å². The van der Waals surface area contributed by atoms with E-state index < -0.39 is 0 Å². The lowest BCUT2D eigenvalue weighted by atomic mass is 10.1. The van der Waals surface area contributed by atoms with Crippen molar-refractivity contribution in [1.82, 2.24) is 39.5 Å². The first-order chi connectivity index (χ1) is 12.5. The van der Waals surface area contributed by atoms with Crippen LogP contribution in [0.3, 0.4) is 0 Å². The summed E-state index contributed by atoms with van der Waals surface area (Å²) >= 11 is 3.32. The number of para-hydroxylation sites is 1. The number of hydrogen-bond donors (Lipinski definition) is 0. The predicted molar refractivity (Wildman–Crippen MR) is 98.2 cm³/mol. The molecule has 3 heterocycles. The van der Waals surface area contributed by atoms with E-state index in [4.69, 9.17) is 0 Å².